The van der Waals surface area contributed by atoms with Crippen molar-refractivity contribution in [2.24, 2.45) is 0 Å². The Labute approximate surface area is 143 Å². The van der Waals surface area contributed by atoms with Crippen LogP contribution >= 0.6 is 12.4 Å². The molecule has 0 aromatic heterocycles. The van der Waals surface area contributed by atoms with Crippen LogP contribution in [0.2, 0.25) is 0 Å². The number of amides is 1. The van der Waals surface area contributed by atoms with Crippen LogP contribution in [0.1, 0.15) is 32.6 Å². The van der Waals surface area contributed by atoms with Crippen LogP contribution in [-0.2, 0) is 14.8 Å². The lowest BCUT2D eigenvalue weighted by Crippen LogP contribution is -2.43. The van der Waals surface area contributed by atoms with Crippen molar-refractivity contribution in [3.63, 3.8) is 0 Å². The summed E-state index contributed by atoms with van der Waals surface area (Å²) in [6.45, 7) is 2.69. The van der Waals surface area contributed by atoms with E-state index in [1.54, 1.807) is 24.3 Å². The molecule has 0 radical (unpaired) electrons. The average molecular weight is 362 g/mol. The molecule has 1 aliphatic heterocycles. The number of nitrogens with one attached hydrogen (secondary N) is 3. The molecule has 1 amide bonds. The van der Waals surface area contributed by atoms with Gasteiger partial charge in [0.15, 0.2) is 0 Å². The lowest BCUT2D eigenvalue weighted by molar-refractivity contribution is -0.118. The highest BCUT2D eigenvalue weighted by atomic mass is 35.5. The number of anilines is 2. The zero-order valence-corrected chi connectivity index (χ0v) is 14.8. The lowest BCUT2D eigenvalue weighted by Gasteiger charge is -2.22. The summed E-state index contributed by atoms with van der Waals surface area (Å²) in [6, 6.07) is 6.56. The molecular weight excluding hydrogens is 338 g/mol. The predicted molar refractivity (Wildman–Crippen MR) is 95.7 cm³/mol. The maximum absolute atomic E-state index is 12.1. The van der Waals surface area contributed by atoms with E-state index in [0.717, 1.165) is 25.8 Å². The Morgan fingerprint density at radius 2 is 1.87 bits per heavy atom. The first-order chi connectivity index (χ1) is 10.5. The molecule has 0 bridgehead atoms. The summed E-state index contributed by atoms with van der Waals surface area (Å²) in [4.78, 5) is 12.1. The number of piperidine rings is 1. The second-order valence-corrected chi connectivity index (χ2v) is 7.33. The van der Waals surface area contributed by atoms with Gasteiger partial charge in [0.05, 0.1) is 11.8 Å². The highest BCUT2D eigenvalue weighted by Gasteiger charge is 2.20. The summed E-state index contributed by atoms with van der Waals surface area (Å²) in [5.74, 6) is 0.0535. The molecule has 1 atom stereocenters. The third-order valence-corrected chi connectivity index (χ3v) is 5.02. The number of sulfonamides is 1. The van der Waals surface area contributed by atoms with Crippen molar-refractivity contribution >= 4 is 39.7 Å². The number of carbonyl (C=O) groups is 1. The molecule has 1 unspecified atom stereocenters. The van der Waals surface area contributed by atoms with Gasteiger partial charge in [0.25, 0.3) is 0 Å². The van der Waals surface area contributed by atoms with Crippen LogP contribution in [0.4, 0.5) is 11.4 Å². The summed E-state index contributed by atoms with van der Waals surface area (Å²) >= 11 is 0. The van der Waals surface area contributed by atoms with Crippen molar-refractivity contribution in [3.05, 3.63) is 24.3 Å². The minimum Gasteiger partial charge on any atom is -0.325 e. The second kappa shape index (κ2) is 9.10. The number of hydrogen-bond donors (Lipinski definition) is 3. The molecule has 1 heterocycles. The van der Waals surface area contributed by atoms with Crippen LogP contribution < -0.4 is 15.4 Å². The molecule has 130 valence electrons. The van der Waals surface area contributed by atoms with Gasteiger partial charge in [-0.3, -0.25) is 9.52 Å². The third-order valence-electron chi connectivity index (χ3n) is 3.53. The lowest BCUT2D eigenvalue weighted by atomic mass is 10.0. The largest absolute Gasteiger partial charge is 0.325 e. The van der Waals surface area contributed by atoms with E-state index in [2.05, 4.69) is 15.4 Å². The van der Waals surface area contributed by atoms with Gasteiger partial charge in [0, 0.05) is 11.4 Å². The molecule has 0 saturated carbocycles. The monoisotopic (exact) mass is 361 g/mol. The Kier molecular flexibility index (Phi) is 7.81. The first kappa shape index (κ1) is 19.7. The fourth-order valence-electron chi connectivity index (χ4n) is 2.43. The third kappa shape index (κ3) is 6.37. The number of carbonyl (C=O) groups excluding carboxylic acids is 1. The molecule has 1 aromatic rings. The molecule has 23 heavy (non-hydrogen) atoms. The van der Waals surface area contributed by atoms with E-state index in [4.69, 9.17) is 0 Å². The second-order valence-electron chi connectivity index (χ2n) is 5.49. The van der Waals surface area contributed by atoms with Crippen LogP contribution in [0.15, 0.2) is 24.3 Å². The molecule has 3 N–H and O–H groups in total. The van der Waals surface area contributed by atoms with E-state index in [1.165, 1.54) is 0 Å². The van der Waals surface area contributed by atoms with Crippen LogP contribution in [0.3, 0.4) is 0 Å². The van der Waals surface area contributed by atoms with Gasteiger partial charge in [-0.15, -0.1) is 12.4 Å². The van der Waals surface area contributed by atoms with Crippen molar-refractivity contribution < 1.29 is 13.2 Å². The molecule has 1 aliphatic rings. The molecule has 0 aliphatic carbocycles. The van der Waals surface area contributed by atoms with Crippen molar-refractivity contribution in [3.8, 4) is 0 Å². The Balaban J connectivity index is 0.00000264. The Bertz CT molecular complexity index is 599. The van der Waals surface area contributed by atoms with Gasteiger partial charge in [-0.1, -0.05) is 13.3 Å². The number of rotatable bonds is 6. The molecule has 2 rings (SSSR count). The summed E-state index contributed by atoms with van der Waals surface area (Å²) < 4.78 is 25.9. The molecule has 1 fully saturated rings. The molecule has 8 heteroatoms. The molecule has 0 spiro atoms. The zero-order chi connectivity index (χ0) is 16.0. The maximum Gasteiger partial charge on any atom is 0.241 e. The van der Waals surface area contributed by atoms with E-state index < -0.39 is 10.0 Å². The van der Waals surface area contributed by atoms with Gasteiger partial charge in [-0.2, -0.15) is 0 Å². The van der Waals surface area contributed by atoms with Crippen LogP contribution in [-0.4, -0.2) is 32.7 Å². The highest BCUT2D eigenvalue weighted by molar-refractivity contribution is 7.92. The van der Waals surface area contributed by atoms with Gasteiger partial charge < -0.3 is 10.6 Å². The average Bonchev–Trinajstić information content (AvgIpc) is 2.49. The highest BCUT2D eigenvalue weighted by Crippen LogP contribution is 2.16. The normalized spacial score (nSPS) is 17.9. The van der Waals surface area contributed by atoms with Gasteiger partial charge in [-0.25, -0.2) is 8.42 Å². The SMILES string of the molecule is CCCS(=O)(=O)Nc1ccc(NC(=O)C2CCCCN2)cc1.Cl. The first-order valence-electron chi connectivity index (χ1n) is 7.65. The first-order valence-corrected chi connectivity index (χ1v) is 9.30. The Morgan fingerprint density at radius 1 is 1.22 bits per heavy atom. The predicted octanol–water partition coefficient (Wildman–Crippen LogP) is 2.34. The smallest absolute Gasteiger partial charge is 0.241 e. The summed E-state index contributed by atoms with van der Waals surface area (Å²) in [5.41, 5.74) is 1.16. The Morgan fingerprint density at radius 3 is 2.43 bits per heavy atom. The molecule has 1 aromatic carbocycles. The molecule has 1 saturated heterocycles. The van der Waals surface area contributed by atoms with E-state index in [1.807, 2.05) is 6.92 Å². The fourth-order valence-corrected chi connectivity index (χ4v) is 3.56. The fraction of sp³-hybridized carbons (Fsp3) is 0.533. The Hall–Kier alpha value is -1.31. The van der Waals surface area contributed by atoms with Gasteiger partial charge in [0.2, 0.25) is 15.9 Å². The summed E-state index contributed by atoms with van der Waals surface area (Å²) in [7, 11) is -3.29. The standard InChI is InChI=1S/C15H23N3O3S.ClH/c1-2-11-22(20,21)18-13-8-6-12(7-9-13)17-15(19)14-5-3-4-10-16-14;/h6-9,14,16,18H,2-5,10-11H2,1H3,(H,17,19);1H. The van der Waals surface area contributed by atoms with Gasteiger partial charge in [0.1, 0.15) is 0 Å². The van der Waals surface area contributed by atoms with Gasteiger partial charge in [-0.05, 0) is 50.1 Å². The minimum absolute atomic E-state index is 0. The summed E-state index contributed by atoms with van der Waals surface area (Å²) in [5, 5.41) is 6.04. The van der Waals surface area contributed by atoms with E-state index in [9.17, 15) is 13.2 Å². The van der Waals surface area contributed by atoms with Crippen molar-refractivity contribution in [1.29, 1.82) is 0 Å². The van der Waals surface area contributed by atoms with Crippen molar-refractivity contribution in [2.45, 2.75) is 38.6 Å². The van der Waals surface area contributed by atoms with Crippen molar-refractivity contribution in [2.75, 3.05) is 22.3 Å². The van der Waals surface area contributed by atoms with E-state index >= 15 is 0 Å². The van der Waals surface area contributed by atoms with E-state index in [0.29, 0.717) is 17.8 Å². The molecular formula is C15H24ClN3O3S. The number of hydrogen-bond acceptors (Lipinski definition) is 4. The van der Waals surface area contributed by atoms with Crippen LogP contribution in [0.5, 0.6) is 0 Å². The van der Waals surface area contributed by atoms with E-state index in [-0.39, 0.29) is 30.1 Å². The topological polar surface area (TPSA) is 87.3 Å². The zero-order valence-electron chi connectivity index (χ0n) is 13.2. The quantitative estimate of drug-likeness (QED) is 0.725. The van der Waals surface area contributed by atoms with Gasteiger partial charge >= 0.3 is 0 Å². The van der Waals surface area contributed by atoms with Crippen LogP contribution in [0.25, 0.3) is 0 Å². The number of benzene rings is 1. The number of halogens is 1. The van der Waals surface area contributed by atoms with Crippen molar-refractivity contribution in [1.82, 2.24) is 5.32 Å². The minimum atomic E-state index is -3.29. The van der Waals surface area contributed by atoms with Crippen LogP contribution in [0, 0.1) is 0 Å². The summed E-state index contributed by atoms with van der Waals surface area (Å²) in [6.07, 6.45) is 3.58. The molecule has 6 nitrogen and oxygen atoms in total. The maximum atomic E-state index is 12.1.